The van der Waals surface area contributed by atoms with Crippen LogP contribution in [0.1, 0.15) is 12.8 Å². The number of benzene rings is 3. The fourth-order valence-electron chi connectivity index (χ4n) is 3.35. The van der Waals surface area contributed by atoms with Gasteiger partial charge in [0.05, 0.1) is 0 Å². The lowest BCUT2D eigenvalue weighted by Gasteiger charge is -2.23. The molecule has 0 saturated carbocycles. The number of hydrogen-bond donors (Lipinski definition) is 0. The van der Waals surface area contributed by atoms with Crippen LogP contribution in [0.5, 0.6) is 11.5 Å². The molecule has 1 aliphatic rings. The Morgan fingerprint density at radius 2 is 1.44 bits per heavy atom. The highest BCUT2D eigenvalue weighted by molar-refractivity contribution is 6.69. The predicted octanol–water partition coefficient (Wildman–Crippen LogP) is 4.89. The molecular formula is C22H22O2Si. The van der Waals surface area contributed by atoms with E-state index >= 15 is 0 Å². The second-order valence-corrected chi connectivity index (χ2v) is 8.89. The van der Waals surface area contributed by atoms with E-state index in [2.05, 4.69) is 36.4 Å². The zero-order valence-electron chi connectivity index (χ0n) is 14.2. The van der Waals surface area contributed by atoms with Crippen molar-refractivity contribution in [2.45, 2.75) is 18.9 Å². The summed E-state index contributed by atoms with van der Waals surface area (Å²) in [6.45, 7) is 0.926. The molecule has 0 aromatic heterocycles. The van der Waals surface area contributed by atoms with Crippen molar-refractivity contribution >= 4 is 14.2 Å². The minimum Gasteiger partial charge on any atom is -0.457 e. The van der Waals surface area contributed by atoms with Crippen molar-refractivity contribution in [2.24, 2.45) is 0 Å². The lowest BCUT2D eigenvalue weighted by molar-refractivity contribution is 0.294. The summed E-state index contributed by atoms with van der Waals surface area (Å²) < 4.78 is 12.0. The van der Waals surface area contributed by atoms with Crippen LogP contribution in [0.15, 0.2) is 78.9 Å². The van der Waals surface area contributed by atoms with Crippen LogP contribution in [-0.4, -0.2) is 15.6 Å². The monoisotopic (exact) mass is 346 g/mol. The molecule has 25 heavy (non-hydrogen) atoms. The van der Waals surface area contributed by atoms with E-state index in [0.29, 0.717) is 0 Å². The topological polar surface area (TPSA) is 18.5 Å². The first-order valence-corrected chi connectivity index (χ1v) is 10.8. The first-order valence-electron chi connectivity index (χ1n) is 8.94. The van der Waals surface area contributed by atoms with Crippen molar-refractivity contribution < 1.29 is 9.16 Å². The van der Waals surface area contributed by atoms with Crippen LogP contribution in [0.3, 0.4) is 0 Å². The highest BCUT2D eigenvalue weighted by Crippen LogP contribution is 2.26. The van der Waals surface area contributed by atoms with Gasteiger partial charge in [-0.05, 0) is 53.0 Å². The molecule has 1 atom stereocenters. The third-order valence-electron chi connectivity index (χ3n) is 4.63. The van der Waals surface area contributed by atoms with Gasteiger partial charge in [-0.3, -0.25) is 0 Å². The van der Waals surface area contributed by atoms with E-state index in [4.69, 9.17) is 9.16 Å². The van der Waals surface area contributed by atoms with Gasteiger partial charge in [0, 0.05) is 6.61 Å². The van der Waals surface area contributed by atoms with E-state index in [1.807, 2.05) is 42.5 Å². The Kier molecular flexibility index (Phi) is 4.95. The van der Waals surface area contributed by atoms with Gasteiger partial charge in [0.1, 0.15) is 11.5 Å². The third-order valence-corrected chi connectivity index (χ3v) is 7.40. The fourth-order valence-corrected chi connectivity index (χ4v) is 6.06. The summed E-state index contributed by atoms with van der Waals surface area (Å²) in [4.78, 5) is 0. The maximum atomic E-state index is 6.14. The second-order valence-electron chi connectivity index (χ2n) is 6.38. The largest absolute Gasteiger partial charge is 0.457 e. The number of rotatable bonds is 4. The van der Waals surface area contributed by atoms with Gasteiger partial charge in [-0.1, -0.05) is 61.0 Å². The lowest BCUT2D eigenvalue weighted by atomic mass is 10.1. The molecule has 1 aliphatic heterocycles. The summed E-state index contributed by atoms with van der Waals surface area (Å²) in [5.41, 5.74) is 2.55. The molecule has 1 fully saturated rings. The number of hydrogen-bond acceptors (Lipinski definition) is 2. The first-order chi connectivity index (χ1) is 12.4. The maximum Gasteiger partial charge on any atom is 0.208 e. The average Bonchev–Trinajstić information content (AvgIpc) is 2.70. The minimum atomic E-state index is -1.29. The third kappa shape index (κ3) is 3.84. The number of para-hydroxylation sites is 1. The van der Waals surface area contributed by atoms with Crippen molar-refractivity contribution in [1.29, 1.82) is 0 Å². The first kappa shape index (κ1) is 16.1. The van der Waals surface area contributed by atoms with Gasteiger partial charge in [-0.15, -0.1) is 0 Å². The van der Waals surface area contributed by atoms with Crippen molar-refractivity contribution in [2.75, 3.05) is 6.61 Å². The lowest BCUT2D eigenvalue weighted by Crippen LogP contribution is -2.37. The van der Waals surface area contributed by atoms with E-state index in [1.165, 1.54) is 35.2 Å². The van der Waals surface area contributed by atoms with Crippen LogP contribution in [-0.2, 0) is 4.43 Å². The van der Waals surface area contributed by atoms with Crippen molar-refractivity contribution in [3.8, 4) is 22.6 Å². The van der Waals surface area contributed by atoms with Gasteiger partial charge in [-0.25, -0.2) is 0 Å². The zero-order chi connectivity index (χ0) is 16.9. The Labute approximate surface area is 150 Å². The quantitative estimate of drug-likeness (QED) is 0.626. The second kappa shape index (κ2) is 7.68. The molecule has 0 amide bonds. The summed E-state index contributed by atoms with van der Waals surface area (Å²) in [6.07, 6.45) is 2.51. The summed E-state index contributed by atoms with van der Waals surface area (Å²) in [5, 5.41) is 1.43. The minimum absolute atomic E-state index is 0.860. The molecule has 0 bridgehead atoms. The zero-order valence-corrected chi connectivity index (χ0v) is 15.4. The van der Waals surface area contributed by atoms with Crippen molar-refractivity contribution in [3.63, 3.8) is 0 Å². The molecule has 0 aliphatic carbocycles. The van der Waals surface area contributed by atoms with Gasteiger partial charge in [0.25, 0.3) is 0 Å². The van der Waals surface area contributed by atoms with E-state index in [-0.39, 0.29) is 0 Å². The molecule has 3 aromatic carbocycles. The van der Waals surface area contributed by atoms with Crippen LogP contribution in [0, 0.1) is 0 Å². The van der Waals surface area contributed by atoms with Crippen molar-refractivity contribution in [1.82, 2.24) is 0 Å². The normalized spacial score (nSPS) is 17.2. The predicted molar refractivity (Wildman–Crippen MR) is 105 cm³/mol. The van der Waals surface area contributed by atoms with Gasteiger partial charge in [0.2, 0.25) is 9.04 Å². The SMILES string of the molecule is c1ccc(Oc2ccc(-c3ccccc3[SiH]3CCCCO3)cc2)cc1. The molecular weight excluding hydrogens is 324 g/mol. The molecule has 1 unspecified atom stereocenters. The molecule has 3 heteroatoms. The Bertz CT molecular complexity index is 809. The molecule has 0 N–H and O–H groups in total. The highest BCUT2D eigenvalue weighted by Gasteiger charge is 2.21. The fraction of sp³-hybridized carbons (Fsp3) is 0.182. The highest BCUT2D eigenvalue weighted by atomic mass is 28.3. The van der Waals surface area contributed by atoms with Crippen molar-refractivity contribution in [3.05, 3.63) is 78.9 Å². The molecule has 4 rings (SSSR count). The molecule has 1 saturated heterocycles. The van der Waals surface area contributed by atoms with E-state index in [0.717, 1.165) is 18.1 Å². The Hall–Kier alpha value is -2.36. The van der Waals surface area contributed by atoms with Crippen LogP contribution < -0.4 is 9.92 Å². The van der Waals surface area contributed by atoms with E-state index in [1.54, 1.807) is 0 Å². The Balaban J connectivity index is 1.58. The molecule has 3 aromatic rings. The van der Waals surface area contributed by atoms with Crippen LogP contribution in [0.4, 0.5) is 0 Å². The molecule has 2 nitrogen and oxygen atoms in total. The van der Waals surface area contributed by atoms with E-state index in [9.17, 15) is 0 Å². The maximum absolute atomic E-state index is 6.14. The van der Waals surface area contributed by atoms with Gasteiger partial charge in [0.15, 0.2) is 0 Å². The van der Waals surface area contributed by atoms with Crippen LogP contribution >= 0.6 is 0 Å². The summed E-state index contributed by atoms with van der Waals surface area (Å²) in [5.74, 6) is 1.72. The smallest absolute Gasteiger partial charge is 0.208 e. The standard InChI is InChI=1S/C22H22O2Si/c1-2-8-19(9-3-1)24-20-14-12-18(13-15-20)21-10-4-5-11-22(21)25-17-7-6-16-23-25/h1-5,8-15,25H,6-7,16-17H2. The molecule has 1 heterocycles. The van der Waals surface area contributed by atoms with Gasteiger partial charge >= 0.3 is 0 Å². The Morgan fingerprint density at radius 1 is 0.720 bits per heavy atom. The summed E-state index contributed by atoms with van der Waals surface area (Å²) in [6, 6.07) is 28.2. The average molecular weight is 347 g/mol. The number of ether oxygens (including phenoxy) is 1. The Morgan fingerprint density at radius 3 is 2.20 bits per heavy atom. The summed E-state index contributed by atoms with van der Waals surface area (Å²) in [7, 11) is -1.29. The summed E-state index contributed by atoms with van der Waals surface area (Å²) >= 11 is 0. The van der Waals surface area contributed by atoms with E-state index < -0.39 is 9.04 Å². The molecule has 126 valence electrons. The van der Waals surface area contributed by atoms with Crippen LogP contribution in [0.25, 0.3) is 11.1 Å². The van der Waals surface area contributed by atoms with Gasteiger partial charge in [-0.2, -0.15) is 0 Å². The molecule has 0 spiro atoms. The van der Waals surface area contributed by atoms with Gasteiger partial charge < -0.3 is 9.16 Å². The molecule has 0 radical (unpaired) electrons. The van der Waals surface area contributed by atoms with Crippen LogP contribution in [0.2, 0.25) is 6.04 Å².